The summed E-state index contributed by atoms with van der Waals surface area (Å²) in [5.41, 5.74) is 23.9. The molecular weight excluding hydrogens is 763 g/mol. The Bertz CT molecular complexity index is 3550. The standard InChI is InChI=1S/C59H41BN2O/c1-58(2,3)38-34-44-41-32-31-37(36-17-5-4-6-18-36)33-52(41)62(51-29-15-22-43-42-21-9-14-30-54(42)63-57(43)51)60-49-27-16-26-48-56(49)61(53(35-38)55(44)60)50-28-13-12-25-47(50)59(48)45-23-10-7-19-39(45)40-20-8-11-24-46(40)59/h4-35H,1-3H3. The largest absolute Gasteiger partial charge is 0.454 e. The fourth-order valence-corrected chi connectivity index (χ4v) is 11.9. The molecule has 0 atom stereocenters. The molecule has 4 heteroatoms. The van der Waals surface area contributed by atoms with Gasteiger partial charge in [-0.1, -0.05) is 185 Å². The van der Waals surface area contributed by atoms with Crippen molar-refractivity contribution in [3.05, 3.63) is 222 Å². The fourth-order valence-electron chi connectivity index (χ4n) is 11.9. The van der Waals surface area contributed by atoms with E-state index in [0.717, 1.165) is 27.6 Å². The van der Waals surface area contributed by atoms with E-state index in [2.05, 4.69) is 225 Å². The van der Waals surface area contributed by atoms with E-state index in [1.807, 2.05) is 0 Å². The van der Waals surface area contributed by atoms with Gasteiger partial charge in [-0.3, -0.25) is 0 Å². The first kappa shape index (κ1) is 35.1. The average Bonchev–Trinajstić information content (AvgIpc) is 3.85. The Kier molecular flexibility index (Phi) is 6.85. The van der Waals surface area contributed by atoms with Gasteiger partial charge >= 0.3 is 6.85 Å². The van der Waals surface area contributed by atoms with Gasteiger partial charge in [0.25, 0.3) is 0 Å². The lowest BCUT2D eigenvalue weighted by molar-refractivity contribution is 0.590. The molecule has 0 saturated carbocycles. The summed E-state index contributed by atoms with van der Waals surface area (Å²) in [6, 6.07) is 72.8. The minimum atomic E-state index is -0.524. The van der Waals surface area contributed by atoms with E-state index in [1.54, 1.807) is 0 Å². The second-order valence-corrected chi connectivity index (χ2v) is 18.8. The van der Waals surface area contributed by atoms with Crippen LogP contribution in [0.3, 0.4) is 0 Å². The summed E-state index contributed by atoms with van der Waals surface area (Å²) in [6.07, 6.45) is 0. The van der Waals surface area contributed by atoms with Crippen molar-refractivity contribution >= 4 is 68.1 Å². The average molecular weight is 805 g/mol. The van der Waals surface area contributed by atoms with Crippen molar-refractivity contribution in [3.8, 4) is 33.4 Å². The molecule has 0 N–H and O–H groups in total. The molecule has 0 amide bonds. The Morgan fingerprint density at radius 2 is 1.11 bits per heavy atom. The highest BCUT2D eigenvalue weighted by atomic mass is 16.3. The molecule has 4 aliphatic rings. The SMILES string of the molecule is CC(C)(C)c1cc2c3c(c1)N1c4ccccc4C4(c5ccccc5-c5ccccc54)c4cccc(c41)B3N(c1cccc3c1oc1ccccc13)c1cc(-c3ccccc3)ccc1-2. The van der Waals surface area contributed by atoms with Gasteiger partial charge < -0.3 is 14.1 Å². The van der Waals surface area contributed by atoms with Crippen LogP contribution < -0.4 is 20.6 Å². The van der Waals surface area contributed by atoms with Gasteiger partial charge in [-0.15, -0.1) is 0 Å². The van der Waals surface area contributed by atoms with Gasteiger partial charge in [-0.2, -0.15) is 0 Å². The maximum Gasteiger partial charge on any atom is 0.333 e. The third-order valence-corrected chi connectivity index (χ3v) is 14.6. The van der Waals surface area contributed by atoms with Crippen molar-refractivity contribution < 1.29 is 4.42 Å². The second-order valence-electron chi connectivity index (χ2n) is 18.8. The summed E-state index contributed by atoms with van der Waals surface area (Å²) < 4.78 is 6.97. The molecule has 0 bridgehead atoms. The fraction of sp³-hybridized carbons (Fsp3) is 0.0847. The monoisotopic (exact) mass is 804 g/mol. The zero-order chi connectivity index (χ0) is 41.8. The first-order valence-electron chi connectivity index (χ1n) is 22.2. The molecule has 296 valence electrons. The zero-order valence-electron chi connectivity index (χ0n) is 35.4. The van der Waals surface area contributed by atoms with Gasteiger partial charge in [0.15, 0.2) is 5.58 Å². The highest BCUT2D eigenvalue weighted by Crippen LogP contribution is 2.64. The number of hydrogen-bond acceptors (Lipinski definition) is 3. The smallest absolute Gasteiger partial charge is 0.333 e. The Balaban J connectivity index is 1.16. The van der Waals surface area contributed by atoms with E-state index >= 15 is 0 Å². The number of para-hydroxylation sites is 4. The topological polar surface area (TPSA) is 19.6 Å². The van der Waals surface area contributed by atoms with Crippen molar-refractivity contribution in [1.82, 2.24) is 0 Å². The van der Waals surface area contributed by atoms with Crippen molar-refractivity contribution in [2.45, 2.75) is 31.6 Å². The minimum Gasteiger partial charge on any atom is -0.454 e. The molecule has 3 nitrogen and oxygen atoms in total. The van der Waals surface area contributed by atoms with Crippen molar-refractivity contribution in [2.24, 2.45) is 0 Å². The molecule has 4 heterocycles. The van der Waals surface area contributed by atoms with Crippen LogP contribution in [-0.2, 0) is 10.8 Å². The van der Waals surface area contributed by atoms with Crippen LogP contribution in [-0.4, -0.2) is 6.85 Å². The quantitative estimate of drug-likeness (QED) is 0.162. The molecule has 0 saturated heterocycles. The van der Waals surface area contributed by atoms with Crippen molar-refractivity contribution in [2.75, 3.05) is 9.71 Å². The zero-order valence-corrected chi connectivity index (χ0v) is 35.4. The van der Waals surface area contributed by atoms with Crippen molar-refractivity contribution in [3.63, 3.8) is 0 Å². The van der Waals surface area contributed by atoms with Crippen LogP contribution in [0.1, 0.15) is 48.6 Å². The van der Waals surface area contributed by atoms with Gasteiger partial charge in [-0.25, -0.2) is 0 Å². The molecule has 0 radical (unpaired) electrons. The summed E-state index contributed by atoms with van der Waals surface area (Å²) in [5.74, 6) is 0. The Labute approximate surface area is 367 Å². The Morgan fingerprint density at radius 3 is 1.90 bits per heavy atom. The van der Waals surface area contributed by atoms with E-state index < -0.39 is 5.41 Å². The van der Waals surface area contributed by atoms with Crippen LogP contribution in [0.4, 0.5) is 28.4 Å². The number of nitrogens with zero attached hydrogens (tertiary/aromatic N) is 2. The second kappa shape index (κ2) is 12.3. The van der Waals surface area contributed by atoms with Crippen LogP contribution in [0.5, 0.6) is 0 Å². The summed E-state index contributed by atoms with van der Waals surface area (Å²) in [6.45, 7) is 6.87. The molecule has 9 aromatic carbocycles. The highest BCUT2D eigenvalue weighted by Gasteiger charge is 2.56. The van der Waals surface area contributed by atoms with Crippen LogP contribution >= 0.6 is 0 Å². The molecule has 1 aliphatic carbocycles. The third kappa shape index (κ3) is 4.45. The Hall–Kier alpha value is -7.56. The minimum absolute atomic E-state index is 0.109. The number of benzene rings is 9. The molecule has 0 unspecified atom stereocenters. The summed E-state index contributed by atoms with van der Waals surface area (Å²) >= 11 is 0. The maximum absolute atomic E-state index is 6.97. The van der Waals surface area contributed by atoms with Crippen LogP contribution in [0, 0.1) is 0 Å². The summed E-state index contributed by atoms with van der Waals surface area (Å²) in [5, 5.41) is 2.25. The lowest BCUT2D eigenvalue weighted by atomic mass is 9.42. The molecular formula is C59H41BN2O. The summed E-state index contributed by atoms with van der Waals surface area (Å²) in [4.78, 5) is 5.27. The van der Waals surface area contributed by atoms with Crippen LogP contribution in [0.15, 0.2) is 199 Å². The van der Waals surface area contributed by atoms with E-state index in [9.17, 15) is 0 Å². The predicted molar refractivity (Wildman–Crippen MR) is 262 cm³/mol. The third-order valence-electron chi connectivity index (χ3n) is 14.6. The van der Waals surface area contributed by atoms with Gasteiger partial charge in [0.2, 0.25) is 0 Å². The van der Waals surface area contributed by atoms with Gasteiger partial charge in [0, 0.05) is 33.4 Å². The number of fused-ring (bicyclic) bond motifs is 16. The van der Waals surface area contributed by atoms with Gasteiger partial charge in [0.1, 0.15) is 5.58 Å². The van der Waals surface area contributed by atoms with Gasteiger partial charge in [0.05, 0.1) is 16.8 Å². The first-order valence-corrected chi connectivity index (χ1v) is 22.2. The van der Waals surface area contributed by atoms with Crippen LogP contribution in [0.2, 0.25) is 0 Å². The lowest BCUT2D eigenvalue weighted by Crippen LogP contribution is -2.62. The maximum atomic E-state index is 6.97. The number of rotatable bonds is 2. The van der Waals surface area contributed by atoms with E-state index in [1.165, 1.54) is 94.9 Å². The Morgan fingerprint density at radius 1 is 0.460 bits per heavy atom. The van der Waals surface area contributed by atoms with Gasteiger partial charge in [-0.05, 0) is 102 Å². The molecule has 0 fully saturated rings. The van der Waals surface area contributed by atoms with Crippen molar-refractivity contribution in [1.29, 1.82) is 0 Å². The van der Waals surface area contributed by atoms with E-state index in [0.29, 0.717) is 0 Å². The molecule has 1 aromatic heterocycles. The molecule has 63 heavy (non-hydrogen) atoms. The normalized spacial score (nSPS) is 14.6. The molecule has 1 spiro atoms. The summed E-state index contributed by atoms with van der Waals surface area (Å²) in [7, 11) is 0. The first-order chi connectivity index (χ1) is 30.9. The molecule has 3 aliphatic heterocycles. The van der Waals surface area contributed by atoms with E-state index in [-0.39, 0.29) is 12.3 Å². The van der Waals surface area contributed by atoms with E-state index in [4.69, 9.17) is 4.42 Å². The number of hydrogen-bond donors (Lipinski definition) is 0. The predicted octanol–water partition coefficient (Wildman–Crippen LogP) is 13.9. The van der Waals surface area contributed by atoms with Crippen LogP contribution in [0.25, 0.3) is 55.3 Å². The molecule has 14 rings (SSSR count). The molecule has 10 aromatic rings. The highest BCUT2D eigenvalue weighted by molar-refractivity contribution is 6.94. The number of furan rings is 1. The lowest BCUT2D eigenvalue weighted by Gasteiger charge is -2.51. The number of anilines is 5.